The normalized spacial score (nSPS) is 10.4. The lowest BCUT2D eigenvalue weighted by atomic mass is 10.3. The minimum atomic E-state index is -0.133. The molecule has 0 aliphatic heterocycles. The van der Waals surface area contributed by atoms with Crippen LogP contribution in [-0.4, -0.2) is 49.0 Å². The highest BCUT2D eigenvalue weighted by Crippen LogP contribution is 2.07. The minimum Gasteiger partial charge on any atom is -0.384 e. The summed E-state index contributed by atoms with van der Waals surface area (Å²) in [5, 5.41) is 6.02. The van der Waals surface area contributed by atoms with E-state index in [1.54, 1.807) is 12.3 Å². The molecule has 18 heavy (non-hydrogen) atoms. The van der Waals surface area contributed by atoms with E-state index in [-0.39, 0.29) is 5.91 Å². The van der Waals surface area contributed by atoms with Crippen LogP contribution in [0.5, 0.6) is 0 Å². The summed E-state index contributed by atoms with van der Waals surface area (Å²) >= 11 is 0. The van der Waals surface area contributed by atoms with Gasteiger partial charge < -0.3 is 15.5 Å². The number of rotatable bonds is 7. The smallest absolute Gasteiger partial charge is 0.269 e. The molecule has 1 rings (SSSR count). The third-order valence-electron chi connectivity index (χ3n) is 2.69. The zero-order chi connectivity index (χ0) is 13.4. The van der Waals surface area contributed by atoms with E-state index in [0.717, 1.165) is 25.3 Å². The monoisotopic (exact) mass is 250 g/mol. The molecule has 0 bridgehead atoms. The summed E-state index contributed by atoms with van der Waals surface area (Å²) in [6.45, 7) is 7.47. The van der Waals surface area contributed by atoms with Crippen molar-refractivity contribution >= 4 is 11.6 Å². The van der Waals surface area contributed by atoms with Crippen LogP contribution in [0.15, 0.2) is 18.3 Å². The Morgan fingerprint density at radius 1 is 1.44 bits per heavy atom. The molecule has 1 heterocycles. The number of likely N-dealkylation sites (N-methyl/N-ethyl adjacent to an activating group) is 1. The highest BCUT2D eigenvalue weighted by molar-refractivity contribution is 5.93. The number of nitrogens with one attached hydrogen (secondary N) is 2. The molecule has 5 heteroatoms. The third kappa shape index (κ3) is 4.71. The zero-order valence-corrected chi connectivity index (χ0v) is 11.4. The molecule has 5 nitrogen and oxygen atoms in total. The van der Waals surface area contributed by atoms with Crippen molar-refractivity contribution < 1.29 is 4.79 Å². The van der Waals surface area contributed by atoms with Gasteiger partial charge in [0.25, 0.3) is 5.91 Å². The number of carbonyl (C=O) groups excluding carboxylic acids is 1. The lowest BCUT2D eigenvalue weighted by Gasteiger charge is -2.14. The summed E-state index contributed by atoms with van der Waals surface area (Å²) in [7, 11) is 2.08. The first kappa shape index (κ1) is 14.4. The molecule has 0 radical (unpaired) electrons. The molecule has 0 aliphatic rings. The summed E-state index contributed by atoms with van der Waals surface area (Å²) in [5.41, 5.74) is 1.38. The Morgan fingerprint density at radius 2 is 2.22 bits per heavy atom. The SMILES string of the molecule is CCNC(=O)c1cc(NCCN(C)CC)ccn1. The second-order valence-electron chi connectivity index (χ2n) is 4.11. The van der Waals surface area contributed by atoms with Gasteiger partial charge in [0, 0.05) is 31.5 Å². The van der Waals surface area contributed by atoms with Crippen LogP contribution in [0.4, 0.5) is 5.69 Å². The van der Waals surface area contributed by atoms with Crippen molar-refractivity contribution in [2.24, 2.45) is 0 Å². The molecule has 1 aromatic heterocycles. The molecule has 0 saturated carbocycles. The van der Waals surface area contributed by atoms with Gasteiger partial charge in [0.05, 0.1) is 0 Å². The molecule has 0 fully saturated rings. The highest BCUT2D eigenvalue weighted by atomic mass is 16.1. The lowest BCUT2D eigenvalue weighted by Crippen LogP contribution is -2.25. The van der Waals surface area contributed by atoms with Gasteiger partial charge >= 0.3 is 0 Å². The van der Waals surface area contributed by atoms with Crippen LogP contribution in [0.2, 0.25) is 0 Å². The minimum absolute atomic E-state index is 0.133. The average Bonchev–Trinajstić information content (AvgIpc) is 2.39. The van der Waals surface area contributed by atoms with Crippen molar-refractivity contribution in [1.29, 1.82) is 0 Å². The van der Waals surface area contributed by atoms with E-state index in [9.17, 15) is 4.79 Å². The van der Waals surface area contributed by atoms with Crippen LogP contribution in [0.1, 0.15) is 24.3 Å². The topological polar surface area (TPSA) is 57.3 Å². The average molecular weight is 250 g/mol. The third-order valence-corrected chi connectivity index (χ3v) is 2.69. The Hall–Kier alpha value is -1.62. The highest BCUT2D eigenvalue weighted by Gasteiger charge is 2.06. The first-order valence-corrected chi connectivity index (χ1v) is 6.34. The summed E-state index contributed by atoms with van der Waals surface area (Å²) in [6, 6.07) is 3.64. The Bertz CT molecular complexity index is 381. The molecule has 0 unspecified atom stereocenters. The summed E-state index contributed by atoms with van der Waals surface area (Å²) < 4.78 is 0. The fraction of sp³-hybridized carbons (Fsp3) is 0.538. The number of aromatic nitrogens is 1. The van der Waals surface area contributed by atoms with Crippen LogP contribution in [0.25, 0.3) is 0 Å². The number of carbonyl (C=O) groups is 1. The molecule has 0 saturated heterocycles. The van der Waals surface area contributed by atoms with Crippen LogP contribution < -0.4 is 10.6 Å². The second-order valence-corrected chi connectivity index (χ2v) is 4.11. The predicted octanol–water partition coefficient (Wildman–Crippen LogP) is 1.19. The van der Waals surface area contributed by atoms with Crippen molar-refractivity contribution in [3.63, 3.8) is 0 Å². The van der Waals surface area contributed by atoms with Gasteiger partial charge in [0.15, 0.2) is 0 Å². The first-order chi connectivity index (χ1) is 8.67. The van der Waals surface area contributed by atoms with E-state index >= 15 is 0 Å². The molecule has 0 spiro atoms. The number of anilines is 1. The van der Waals surface area contributed by atoms with Gasteiger partial charge in [-0.05, 0) is 32.6 Å². The fourth-order valence-electron chi connectivity index (χ4n) is 1.47. The predicted molar refractivity (Wildman–Crippen MR) is 73.9 cm³/mol. The summed E-state index contributed by atoms with van der Waals surface area (Å²) in [4.78, 5) is 17.9. The summed E-state index contributed by atoms with van der Waals surface area (Å²) in [5.74, 6) is -0.133. The Balaban J connectivity index is 2.51. The van der Waals surface area contributed by atoms with Gasteiger partial charge in [-0.1, -0.05) is 6.92 Å². The van der Waals surface area contributed by atoms with E-state index in [1.165, 1.54) is 0 Å². The fourth-order valence-corrected chi connectivity index (χ4v) is 1.47. The molecule has 0 aromatic carbocycles. The maximum Gasteiger partial charge on any atom is 0.269 e. The molecule has 2 N–H and O–H groups in total. The standard InChI is InChI=1S/C13H22N4O/c1-4-14-13(18)12-10-11(6-7-16-12)15-8-9-17(3)5-2/h6-7,10H,4-5,8-9H2,1-3H3,(H,14,18)(H,15,16). The molecule has 0 aliphatic carbocycles. The van der Waals surface area contributed by atoms with Gasteiger partial charge in [-0.15, -0.1) is 0 Å². The molecular weight excluding hydrogens is 228 g/mol. The van der Waals surface area contributed by atoms with E-state index < -0.39 is 0 Å². The Morgan fingerprint density at radius 3 is 2.89 bits per heavy atom. The van der Waals surface area contributed by atoms with Crippen molar-refractivity contribution in [2.75, 3.05) is 38.5 Å². The van der Waals surface area contributed by atoms with E-state index in [4.69, 9.17) is 0 Å². The van der Waals surface area contributed by atoms with E-state index in [2.05, 4.69) is 34.5 Å². The second kappa shape index (κ2) is 7.66. The number of nitrogens with zero attached hydrogens (tertiary/aromatic N) is 2. The maximum absolute atomic E-state index is 11.6. The van der Waals surface area contributed by atoms with Crippen molar-refractivity contribution in [1.82, 2.24) is 15.2 Å². The van der Waals surface area contributed by atoms with Crippen LogP contribution in [0, 0.1) is 0 Å². The Labute approximate surface area is 109 Å². The molecule has 100 valence electrons. The zero-order valence-electron chi connectivity index (χ0n) is 11.4. The van der Waals surface area contributed by atoms with Gasteiger partial charge in [-0.25, -0.2) is 0 Å². The Kier molecular flexibility index (Phi) is 6.14. The number of pyridine rings is 1. The van der Waals surface area contributed by atoms with Crippen molar-refractivity contribution in [2.45, 2.75) is 13.8 Å². The largest absolute Gasteiger partial charge is 0.384 e. The molecule has 0 atom stereocenters. The van der Waals surface area contributed by atoms with Crippen LogP contribution in [-0.2, 0) is 0 Å². The molecule has 1 aromatic rings. The van der Waals surface area contributed by atoms with Crippen LogP contribution >= 0.6 is 0 Å². The van der Waals surface area contributed by atoms with Crippen LogP contribution in [0.3, 0.4) is 0 Å². The number of hydrogen-bond acceptors (Lipinski definition) is 4. The number of amides is 1. The number of hydrogen-bond donors (Lipinski definition) is 2. The van der Waals surface area contributed by atoms with E-state index in [0.29, 0.717) is 12.2 Å². The molecule has 1 amide bonds. The van der Waals surface area contributed by atoms with Gasteiger partial charge in [0.2, 0.25) is 0 Å². The van der Waals surface area contributed by atoms with Gasteiger partial charge in [-0.3, -0.25) is 9.78 Å². The van der Waals surface area contributed by atoms with Crippen molar-refractivity contribution in [3.05, 3.63) is 24.0 Å². The first-order valence-electron chi connectivity index (χ1n) is 6.34. The lowest BCUT2D eigenvalue weighted by molar-refractivity contribution is 0.0951. The molecular formula is C13H22N4O. The van der Waals surface area contributed by atoms with E-state index in [1.807, 2.05) is 13.0 Å². The quantitative estimate of drug-likeness (QED) is 0.763. The van der Waals surface area contributed by atoms with Gasteiger partial charge in [-0.2, -0.15) is 0 Å². The maximum atomic E-state index is 11.6. The summed E-state index contributed by atoms with van der Waals surface area (Å²) in [6.07, 6.45) is 1.65. The van der Waals surface area contributed by atoms with Crippen molar-refractivity contribution in [3.8, 4) is 0 Å². The van der Waals surface area contributed by atoms with Gasteiger partial charge in [0.1, 0.15) is 5.69 Å².